The van der Waals surface area contributed by atoms with Crippen LogP contribution in [0.25, 0.3) is 0 Å². The van der Waals surface area contributed by atoms with E-state index in [-0.39, 0.29) is 16.8 Å². The standard InChI is InChI=1S/C22H28N2O3S2/c1-3-24(18-9-5-4-6-10-18)29(26,27)19-15-13-17(14-16-19)22(25)23-20-11-7-8-12-21(20)28-2/h7-8,11-16,18H,3-6,9-10H2,1-2H3,(H,23,25). The van der Waals surface area contributed by atoms with Gasteiger partial charge in [-0.1, -0.05) is 38.3 Å². The third kappa shape index (κ3) is 5.02. The molecule has 0 aromatic heterocycles. The summed E-state index contributed by atoms with van der Waals surface area (Å²) in [6, 6.07) is 13.9. The SMILES string of the molecule is CCN(C1CCCCC1)S(=O)(=O)c1ccc(C(=O)Nc2ccccc2SC)cc1. The van der Waals surface area contributed by atoms with Gasteiger partial charge in [-0.2, -0.15) is 4.31 Å². The number of para-hydroxylation sites is 1. The van der Waals surface area contributed by atoms with Crippen LogP contribution in [0.2, 0.25) is 0 Å². The molecule has 29 heavy (non-hydrogen) atoms. The molecule has 1 saturated carbocycles. The lowest BCUT2D eigenvalue weighted by Gasteiger charge is -2.32. The topological polar surface area (TPSA) is 66.5 Å². The summed E-state index contributed by atoms with van der Waals surface area (Å²) >= 11 is 1.56. The van der Waals surface area contributed by atoms with Gasteiger partial charge in [0.25, 0.3) is 5.91 Å². The second kappa shape index (κ2) is 9.78. The molecule has 0 heterocycles. The van der Waals surface area contributed by atoms with E-state index in [4.69, 9.17) is 0 Å². The van der Waals surface area contributed by atoms with E-state index in [1.54, 1.807) is 28.2 Å². The summed E-state index contributed by atoms with van der Waals surface area (Å²) < 4.78 is 27.9. The first-order valence-electron chi connectivity index (χ1n) is 10.0. The van der Waals surface area contributed by atoms with E-state index in [0.717, 1.165) is 36.3 Å². The minimum atomic E-state index is -3.56. The highest BCUT2D eigenvalue weighted by molar-refractivity contribution is 7.98. The lowest BCUT2D eigenvalue weighted by Crippen LogP contribution is -2.41. The second-order valence-corrected chi connectivity index (χ2v) is 9.92. The Kier molecular flexibility index (Phi) is 7.38. The van der Waals surface area contributed by atoms with E-state index >= 15 is 0 Å². The van der Waals surface area contributed by atoms with Gasteiger partial charge in [0, 0.05) is 23.0 Å². The van der Waals surface area contributed by atoms with E-state index in [2.05, 4.69) is 5.32 Å². The van der Waals surface area contributed by atoms with Crippen molar-refractivity contribution < 1.29 is 13.2 Å². The maximum atomic E-state index is 13.1. The number of hydrogen-bond donors (Lipinski definition) is 1. The molecule has 3 rings (SSSR count). The van der Waals surface area contributed by atoms with Crippen LogP contribution in [-0.4, -0.2) is 37.5 Å². The Labute approximate surface area is 177 Å². The molecule has 0 spiro atoms. The number of benzene rings is 2. The predicted octanol–water partition coefficient (Wildman–Crippen LogP) is 5.00. The van der Waals surface area contributed by atoms with Crippen molar-refractivity contribution in [2.45, 2.75) is 54.9 Å². The Morgan fingerprint density at radius 2 is 1.72 bits per heavy atom. The van der Waals surface area contributed by atoms with Gasteiger partial charge in [-0.05, 0) is 55.5 Å². The fourth-order valence-corrected chi connectivity index (χ4v) is 6.10. The monoisotopic (exact) mass is 432 g/mol. The zero-order valence-electron chi connectivity index (χ0n) is 16.9. The average Bonchev–Trinajstić information content (AvgIpc) is 2.75. The zero-order chi connectivity index (χ0) is 20.9. The van der Waals surface area contributed by atoms with Gasteiger partial charge in [-0.15, -0.1) is 11.8 Å². The zero-order valence-corrected chi connectivity index (χ0v) is 18.6. The fraction of sp³-hybridized carbons (Fsp3) is 0.409. The van der Waals surface area contributed by atoms with E-state index in [1.807, 2.05) is 37.4 Å². The molecule has 0 radical (unpaired) electrons. The molecule has 1 aliphatic carbocycles. The lowest BCUT2D eigenvalue weighted by atomic mass is 9.95. The molecule has 1 amide bonds. The Balaban J connectivity index is 1.77. The van der Waals surface area contributed by atoms with Crippen LogP contribution >= 0.6 is 11.8 Å². The molecule has 1 aliphatic rings. The van der Waals surface area contributed by atoms with E-state index in [9.17, 15) is 13.2 Å². The number of rotatable bonds is 7. The number of carbonyl (C=O) groups is 1. The van der Waals surface area contributed by atoms with Crippen LogP contribution in [0.1, 0.15) is 49.4 Å². The summed E-state index contributed by atoms with van der Waals surface area (Å²) in [5, 5.41) is 2.90. The van der Waals surface area contributed by atoms with Crippen molar-refractivity contribution >= 4 is 33.4 Å². The molecule has 0 aliphatic heterocycles. The predicted molar refractivity (Wildman–Crippen MR) is 119 cm³/mol. The van der Waals surface area contributed by atoms with Gasteiger partial charge in [0.2, 0.25) is 10.0 Å². The second-order valence-electron chi connectivity index (χ2n) is 7.18. The molecule has 0 atom stereocenters. The van der Waals surface area contributed by atoms with Crippen molar-refractivity contribution in [3.63, 3.8) is 0 Å². The number of amides is 1. The highest BCUT2D eigenvalue weighted by atomic mass is 32.2. The highest BCUT2D eigenvalue weighted by Crippen LogP contribution is 2.28. The number of anilines is 1. The average molecular weight is 433 g/mol. The third-order valence-corrected chi connectivity index (χ3v) is 8.21. The van der Waals surface area contributed by atoms with Crippen LogP contribution < -0.4 is 5.32 Å². The molecule has 1 N–H and O–H groups in total. The third-order valence-electron chi connectivity index (χ3n) is 5.37. The van der Waals surface area contributed by atoms with Crippen LogP contribution in [0.4, 0.5) is 5.69 Å². The normalized spacial score (nSPS) is 15.4. The van der Waals surface area contributed by atoms with Crippen molar-refractivity contribution in [2.75, 3.05) is 18.1 Å². The van der Waals surface area contributed by atoms with Gasteiger partial charge in [-0.3, -0.25) is 4.79 Å². The summed E-state index contributed by atoms with van der Waals surface area (Å²) in [4.78, 5) is 13.8. The van der Waals surface area contributed by atoms with Crippen LogP contribution in [0.15, 0.2) is 58.3 Å². The number of thioether (sulfide) groups is 1. The Bertz CT molecular complexity index is 937. The summed E-state index contributed by atoms with van der Waals surface area (Å²) in [6.07, 6.45) is 7.12. The molecule has 0 unspecified atom stereocenters. The van der Waals surface area contributed by atoms with E-state index in [1.165, 1.54) is 18.6 Å². The fourth-order valence-electron chi connectivity index (χ4n) is 3.85. The summed E-state index contributed by atoms with van der Waals surface area (Å²) in [5.74, 6) is -0.255. The Hall–Kier alpha value is -1.83. The first-order chi connectivity index (χ1) is 14.0. The minimum absolute atomic E-state index is 0.0739. The Morgan fingerprint density at radius 3 is 2.34 bits per heavy atom. The molecule has 2 aromatic rings. The van der Waals surface area contributed by atoms with Crippen LogP contribution in [0.3, 0.4) is 0 Å². The van der Waals surface area contributed by atoms with Gasteiger partial charge in [-0.25, -0.2) is 8.42 Å². The number of nitrogens with one attached hydrogen (secondary N) is 1. The maximum absolute atomic E-state index is 13.1. The summed E-state index contributed by atoms with van der Waals surface area (Å²) in [7, 11) is -3.56. The molecule has 0 bridgehead atoms. The molecule has 0 saturated heterocycles. The number of hydrogen-bond acceptors (Lipinski definition) is 4. The van der Waals surface area contributed by atoms with Crippen molar-refractivity contribution in [2.24, 2.45) is 0 Å². The number of carbonyl (C=O) groups excluding carboxylic acids is 1. The van der Waals surface area contributed by atoms with E-state index < -0.39 is 10.0 Å². The van der Waals surface area contributed by atoms with Gasteiger partial charge in [0.05, 0.1) is 10.6 Å². The quantitative estimate of drug-likeness (QED) is 0.625. The maximum Gasteiger partial charge on any atom is 0.255 e. The van der Waals surface area contributed by atoms with Gasteiger partial charge >= 0.3 is 0 Å². The van der Waals surface area contributed by atoms with Gasteiger partial charge < -0.3 is 5.32 Å². The van der Waals surface area contributed by atoms with E-state index in [0.29, 0.717) is 12.1 Å². The van der Waals surface area contributed by atoms with Gasteiger partial charge in [0.1, 0.15) is 0 Å². The molecular weight excluding hydrogens is 404 g/mol. The van der Waals surface area contributed by atoms with Crippen LogP contribution in [-0.2, 0) is 10.0 Å². The van der Waals surface area contributed by atoms with Crippen LogP contribution in [0.5, 0.6) is 0 Å². The first kappa shape index (κ1) is 21.9. The molecule has 7 heteroatoms. The smallest absolute Gasteiger partial charge is 0.255 e. The minimum Gasteiger partial charge on any atom is -0.321 e. The van der Waals surface area contributed by atoms with Crippen molar-refractivity contribution in [1.82, 2.24) is 4.31 Å². The van der Waals surface area contributed by atoms with Crippen molar-refractivity contribution in [1.29, 1.82) is 0 Å². The molecule has 156 valence electrons. The lowest BCUT2D eigenvalue weighted by molar-refractivity contribution is 0.102. The largest absolute Gasteiger partial charge is 0.321 e. The Morgan fingerprint density at radius 1 is 1.07 bits per heavy atom. The molecule has 5 nitrogen and oxygen atoms in total. The molecular formula is C22H28N2O3S2. The summed E-state index contributed by atoms with van der Waals surface area (Å²) in [5.41, 5.74) is 1.18. The summed E-state index contributed by atoms with van der Waals surface area (Å²) in [6.45, 7) is 2.35. The van der Waals surface area contributed by atoms with Crippen LogP contribution in [0, 0.1) is 0 Å². The molecule has 2 aromatic carbocycles. The number of nitrogens with zero attached hydrogens (tertiary/aromatic N) is 1. The molecule has 1 fully saturated rings. The number of sulfonamides is 1. The van der Waals surface area contributed by atoms with Crippen molar-refractivity contribution in [3.8, 4) is 0 Å². The van der Waals surface area contributed by atoms with Gasteiger partial charge in [0.15, 0.2) is 0 Å². The van der Waals surface area contributed by atoms with Crippen molar-refractivity contribution in [3.05, 3.63) is 54.1 Å². The first-order valence-corrected chi connectivity index (χ1v) is 12.7. The highest BCUT2D eigenvalue weighted by Gasteiger charge is 2.31.